The van der Waals surface area contributed by atoms with Gasteiger partial charge in [-0.05, 0) is 0 Å². The van der Waals surface area contributed by atoms with Crippen molar-refractivity contribution in [3.63, 3.8) is 0 Å². The number of benzene rings is 1. The van der Waals surface area contributed by atoms with Crippen molar-refractivity contribution in [2.24, 2.45) is 0 Å². The van der Waals surface area contributed by atoms with Gasteiger partial charge in [-0.2, -0.15) is 0 Å². The molecule has 1 rings (SSSR count). The van der Waals surface area contributed by atoms with Crippen LogP contribution in [0.1, 0.15) is 0 Å². The molecule has 0 amide bonds. The molecular weight excluding hydrogens is 223 g/mol. The molecule has 0 aromatic heterocycles. The summed E-state index contributed by atoms with van der Waals surface area (Å²) in [6.45, 7) is 0. The van der Waals surface area contributed by atoms with Crippen molar-refractivity contribution in [1.82, 2.24) is 0 Å². The number of terminal acetylenes is 1. The second kappa shape index (κ2) is 3.52. The van der Waals surface area contributed by atoms with Gasteiger partial charge in [0.05, 0.1) is 0 Å². The molecule has 0 unspecified atom stereocenters. The molecule has 1 aromatic carbocycles. The van der Waals surface area contributed by atoms with Crippen LogP contribution in [0.15, 0.2) is 30.3 Å². The van der Waals surface area contributed by atoms with E-state index in [1.165, 1.54) is 3.57 Å². The number of halogens is 1. The van der Waals surface area contributed by atoms with Crippen molar-refractivity contribution in [2.45, 2.75) is 0 Å². The van der Waals surface area contributed by atoms with Gasteiger partial charge in [0, 0.05) is 0 Å². The van der Waals surface area contributed by atoms with Crippen LogP contribution >= 0.6 is 0 Å². The summed E-state index contributed by atoms with van der Waals surface area (Å²) in [7, 11) is 0. The predicted molar refractivity (Wildman–Crippen MR) is 34.0 cm³/mol. The van der Waals surface area contributed by atoms with Crippen LogP contribution in [-0.4, -0.2) is 0 Å². The molecule has 0 nitrogen and oxygen atoms in total. The summed E-state index contributed by atoms with van der Waals surface area (Å²) in [5.74, 6) is 0. The van der Waals surface area contributed by atoms with Crippen LogP contribution in [0.5, 0.6) is 0 Å². The van der Waals surface area contributed by atoms with Crippen molar-refractivity contribution in [2.75, 3.05) is 0 Å². The normalized spacial score (nSPS) is 8.78. The molecule has 0 bridgehead atoms. The Hall–Kier alpha value is -0.490. The first-order valence-electron chi connectivity index (χ1n) is 2.58. The Labute approximate surface area is 65.5 Å². The zero-order valence-electron chi connectivity index (χ0n) is 4.84. The molecule has 0 aliphatic carbocycles. The second-order valence-corrected chi connectivity index (χ2v) is 3.91. The Morgan fingerprint density at radius 2 is 1.89 bits per heavy atom. The van der Waals surface area contributed by atoms with Gasteiger partial charge in [0.15, 0.2) is 0 Å². The molecule has 0 aliphatic rings. The fraction of sp³-hybridized carbons (Fsp3) is 0. The predicted octanol–water partition coefficient (Wildman–Crippen LogP) is -1.46. The second-order valence-electron chi connectivity index (χ2n) is 1.50. The average Bonchev–Trinajstić information content (AvgIpc) is 1.91. The SMILES string of the molecule is C#C[I-]c1ccccc1. The molecule has 0 atom stereocenters. The number of rotatable bonds is 1. The van der Waals surface area contributed by atoms with E-state index in [9.17, 15) is 0 Å². The van der Waals surface area contributed by atoms with Gasteiger partial charge in [0.2, 0.25) is 0 Å². The summed E-state index contributed by atoms with van der Waals surface area (Å²) in [6, 6.07) is 10.2. The summed E-state index contributed by atoms with van der Waals surface area (Å²) in [5.41, 5.74) is 0. The third kappa shape index (κ3) is 2.06. The van der Waals surface area contributed by atoms with Crippen LogP contribution in [0.2, 0.25) is 0 Å². The molecule has 0 fully saturated rings. The maximum atomic E-state index is 5.16. The molecular formula is C8H6I-. The Morgan fingerprint density at radius 3 is 2.44 bits per heavy atom. The third-order valence-corrected chi connectivity index (χ3v) is 2.55. The molecule has 0 saturated carbocycles. The van der Waals surface area contributed by atoms with Gasteiger partial charge in [-0.25, -0.2) is 0 Å². The third-order valence-electron chi connectivity index (χ3n) is 0.897. The van der Waals surface area contributed by atoms with Crippen LogP contribution in [-0.2, 0) is 0 Å². The topological polar surface area (TPSA) is 0 Å². The van der Waals surface area contributed by atoms with E-state index < -0.39 is 0 Å². The fourth-order valence-corrected chi connectivity index (χ4v) is 1.68. The van der Waals surface area contributed by atoms with E-state index in [-0.39, 0.29) is 21.2 Å². The molecule has 9 heavy (non-hydrogen) atoms. The van der Waals surface area contributed by atoms with Gasteiger partial charge in [0.25, 0.3) is 0 Å². The van der Waals surface area contributed by atoms with Crippen LogP contribution in [0.3, 0.4) is 0 Å². The van der Waals surface area contributed by atoms with Crippen LogP contribution in [0.4, 0.5) is 0 Å². The molecule has 0 saturated heterocycles. The number of hydrogen-bond acceptors (Lipinski definition) is 0. The zero-order valence-corrected chi connectivity index (χ0v) is 7.00. The minimum absolute atomic E-state index is 0.142. The van der Waals surface area contributed by atoms with Crippen molar-refractivity contribution in [3.8, 4) is 10.4 Å². The summed E-state index contributed by atoms with van der Waals surface area (Å²) in [4.78, 5) is 0. The van der Waals surface area contributed by atoms with Crippen molar-refractivity contribution in [3.05, 3.63) is 33.9 Å². The zero-order chi connectivity index (χ0) is 6.53. The van der Waals surface area contributed by atoms with Gasteiger partial charge in [-0.15, -0.1) is 0 Å². The number of hydrogen-bond donors (Lipinski definition) is 0. The van der Waals surface area contributed by atoms with Crippen molar-refractivity contribution >= 4 is 0 Å². The Bertz CT molecular complexity index is 208. The summed E-state index contributed by atoms with van der Waals surface area (Å²) in [5, 5.41) is 0. The van der Waals surface area contributed by atoms with E-state index in [0.717, 1.165) is 0 Å². The summed E-state index contributed by atoms with van der Waals surface area (Å²) in [6.07, 6.45) is 5.16. The standard InChI is InChI=1S/C8H6I/c1-2-9-8-6-4-3-5-7-8/h1,3-7H/q-1. The van der Waals surface area contributed by atoms with Crippen LogP contribution in [0.25, 0.3) is 0 Å². The molecule has 0 radical (unpaired) electrons. The van der Waals surface area contributed by atoms with E-state index in [0.29, 0.717) is 0 Å². The maximum absolute atomic E-state index is 5.16. The fourth-order valence-electron chi connectivity index (χ4n) is 0.541. The van der Waals surface area contributed by atoms with E-state index in [1.807, 2.05) is 18.2 Å². The van der Waals surface area contributed by atoms with Gasteiger partial charge in [-0.3, -0.25) is 0 Å². The van der Waals surface area contributed by atoms with Gasteiger partial charge < -0.3 is 0 Å². The first-order chi connectivity index (χ1) is 4.43. The monoisotopic (exact) mass is 229 g/mol. The summed E-state index contributed by atoms with van der Waals surface area (Å²) < 4.78 is 4.01. The van der Waals surface area contributed by atoms with Crippen molar-refractivity contribution < 1.29 is 21.2 Å². The Morgan fingerprint density at radius 1 is 1.22 bits per heavy atom. The summed E-state index contributed by atoms with van der Waals surface area (Å²) >= 11 is -0.142. The quantitative estimate of drug-likeness (QED) is 0.407. The van der Waals surface area contributed by atoms with Gasteiger partial charge in [-0.1, -0.05) is 0 Å². The van der Waals surface area contributed by atoms with Gasteiger partial charge >= 0.3 is 65.5 Å². The van der Waals surface area contributed by atoms with E-state index in [2.05, 4.69) is 16.1 Å². The molecule has 46 valence electrons. The van der Waals surface area contributed by atoms with E-state index in [1.54, 1.807) is 0 Å². The Balaban J connectivity index is 2.76. The molecule has 0 aliphatic heterocycles. The van der Waals surface area contributed by atoms with E-state index >= 15 is 0 Å². The first kappa shape index (κ1) is 6.63. The molecule has 0 N–H and O–H groups in total. The van der Waals surface area contributed by atoms with Crippen molar-refractivity contribution in [1.29, 1.82) is 0 Å². The minimum atomic E-state index is -0.142. The first-order valence-corrected chi connectivity index (χ1v) is 4.73. The average molecular weight is 229 g/mol. The molecule has 0 heterocycles. The molecule has 1 aromatic rings. The molecule has 1 heteroatoms. The van der Waals surface area contributed by atoms with Crippen LogP contribution < -0.4 is 21.2 Å². The van der Waals surface area contributed by atoms with Crippen LogP contribution in [0, 0.1) is 13.9 Å². The van der Waals surface area contributed by atoms with Gasteiger partial charge in [0.1, 0.15) is 0 Å². The molecule has 0 spiro atoms. The van der Waals surface area contributed by atoms with E-state index in [4.69, 9.17) is 6.42 Å². The Kier molecular flexibility index (Phi) is 2.59.